The Morgan fingerprint density at radius 2 is 0.892 bits per heavy atom. The molecule has 0 bridgehead atoms. The lowest BCUT2D eigenvalue weighted by Gasteiger charge is -2.17. The molecule has 0 aliphatic carbocycles. The molecule has 2 unspecified atom stereocenters. The second-order valence-corrected chi connectivity index (χ2v) is 12.2. The van der Waals surface area contributed by atoms with Crippen LogP contribution in [0.4, 0.5) is 0 Å². The van der Waals surface area contributed by atoms with Crippen LogP contribution in [0, 0.1) is 0 Å². The number of imidazole rings is 1. The maximum atomic E-state index is 3.69. The van der Waals surface area contributed by atoms with Gasteiger partial charge in [0, 0.05) is 0 Å². The van der Waals surface area contributed by atoms with Gasteiger partial charge in [0.25, 0.3) is 5.82 Å². The second-order valence-electron chi connectivity index (χ2n) is 12.2. The average molecular weight is 518 g/mol. The fourth-order valence-electron chi connectivity index (χ4n) is 6.16. The summed E-state index contributed by atoms with van der Waals surface area (Å²) in [4.78, 5) is 3.69. The van der Waals surface area contributed by atoms with Gasteiger partial charge in [-0.3, -0.25) is 0 Å². The summed E-state index contributed by atoms with van der Waals surface area (Å²) >= 11 is 0. The van der Waals surface area contributed by atoms with Crippen LogP contribution in [0.3, 0.4) is 0 Å². The van der Waals surface area contributed by atoms with Crippen molar-refractivity contribution in [3.63, 3.8) is 0 Å². The lowest BCUT2D eigenvalue weighted by molar-refractivity contribution is -0.727. The first-order valence-electron chi connectivity index (χ1n) is 17.3. The van der Waals surface area contributed by atoms with Gasteiger partial charge in [-0.25, -0.2) is 9.55 Å². The molecule has 1 rings (SSSR count). The molecule has 2 nitrogen and oxygen atoms in total. The smallest absolute Gasteiger partial charge is 0.247 e. The van der Waals surface area contributed by atoms with E-state index in [1.165, 1.54) is 173 Å². The molecule has 2 heteroatoms. The van der Waals surface area contributed by atoms with Crippen molar-refractivity contribution in [3.05, 3.63) is 18.2 Å². The Hall–Kier alpha value is -0.790. The molecule has 1 aromatic rings. The zero-order chi connectivity index (χ0) is 26.8. The minimum absolute atomic E-state index is 0.614. The number of rotatable bonds is 28. The van der Waals surface area contributed by atoms with Gasteiger partial charge in [0.15, 0.2) is 0 Å². The fourth-order valence-corrected chi connectivity index (χ4v) is 6.16. The number of nitrogens with zero attached hydrogens (tertiary/aromatic N) is 1. The molecule has 1 N–H and O–H groups in total. The molecule has 0 spiro atoms. The molecular formula is C35H69N2+. The van der Waals surface area contributed by atoms with Gasteiger partial charge in [-0.15, -0.1) is 0 Å². The lowest BCUT2D eigenvalue weighted by atomic mass is 9.92. The number of hydrogen-bond acceptors (Lipinski definition) is 0. The Labute approximate surface area is 234 Å². The summed E-state index contributed by atoms with van der Waals surface area (Å²) in [5, 5.41) is 0. The number of aromatic amines is 1. The summed E-state index contributed by atoms with van der Waals surface area (Å²) < 4.78 is 2.57. The molecule has 0 aliphatic rings. The maximum absolute atomic E-state index is 3.69. The third kappa shape index (κ3) is 18.2. The third-order valence-corrected chi connectivity index (χ3v) is 8.62. The maximum Gasteiger partial charge on any atom is 0.257 e. The van der Waals surface area contributed by atoms with E-state index in [1.807, 2.05) is 0 Å². The standard InChI is InChI=1S/C35H68N2/c1-5-8-10-12-14-16-18-19-21-23-25-27-30-34(35-36-31-32-37(35)33(4)28-7-3)29-26-24-22-20-17-15-13-11-9-6-2/h31-34H,5-30H2,1-4H3/p+1. The predicted molar refractivity (Wildman–Crippen MR) is 166 cm³/mol. The van der Waals surface area contributed by atoms with Crippen LogP contribution in [-0.2, 0) is 0 Å². The van der Waals surface area contributed by atoms with E-state index in [-0.39, 0.29) is 0 Å². The van der Waals surface area contributed by atoms with Gasteiger partial charge in [-0.05, 0) is 26.2 Å². The number of hydrogen-bond donors (Lipinski definition) is 1. The van der Waals surface area contributed by atoms with Crippen LogP contribution >= 0.6 is 0 Å². The molecule has 218 valence electrons. The van der Waals surface area contributed by atoms with Gasteiger partial charge in [0.2, 0.25) is 0 Å². The van der Waals surface area contributed by atoms with Crippen LogP contribution in [-0.4, -0.2) is 4.98 Å². The van der Waals surface area contributed by atoms with Crippen molar-refractivity contribution in [1.82, 2.24) is 4.98 Å². The van der Waals surface area contributed by atoms with Gasteiger partial charge < -0.3 is 0 Å². The summed E-state index contributed by atoms with van der Waals surface area (Å²) in [6.45, 7) is 9.34. The predicted octanol–water partition coefficient (Wildman–Crippen LogP) is 12.1. The number of H-pyrrole nitrogens is 1. The van der Waals surface area contributed by atoms with Crippen molar-refractivity contribution in [2.24, 2.45) is 0 Å². The summed E-state index contributed by atoms with van der Waals surface area (Å²) in [5.74, 6) is 2.23. The van der Waals surface area contributed by atoms with Crippen molar-refractivity contribution < 1.29 is 4.57 Å². The van der Waals surface area contributed by atoms with E-state index in [4.69, 9.17) is 0 Å². The minimum atomic E-state index is 0.614. The van der Waals surface area contributed by atoms with Crippen molar-refractivity contribution in [2.45, 2.75) is 207 Å². The number of unbranched alkanes of at least 4 members (excludes halogenated alkanes) is 20. The van der Waals surface area contributed by atoms with Crippen LogP contribution in [0.1, 0.15) is 212 Å². The Kier molecular flexibility index (Phi) is 23.6. The SMILES string of the molecule is CCCCCCCCCCCCCCC(CCCCCCCCCCCC)c1[nH]cc[n+]1C(C)CCC. The molecule has 0 saturated heterocycles. The summed E-state index contributed by atoms with van der Waals surface area (Å²) in [6.07, 6.45) is 41.4. The van der Waals surface area contributed by atoms with Crippen LogP contribution in [0.25, 0.3) is 0 Å². The molecule has 2 atom stereocenters. The molecule has 0 amide bonds. The van der Waals surface area contributed by atoms with Gasteiger partial charge in [0.05, 0.1) is 12.0 Å². The Balaban J connectivity index is 2.31. The van der Waals surface area contributed by atoms with E-state index >= 15 is 0 Å². The molecule has 0 radical (unpaired) electrons. The van der Waals surface area contributed by atoms with Crippen LogP contribution in [0.2, 0.25) is 0 Å². The molecule has 0 fully saturated rings. The number of aromatic nitrogens is 2. The Morgan fingerprint density at radius 1 is 0.514 bits per heavy atom. The highest BCUT2D eigenvalue weighted by molar-refractivity contribution is 4.90. The first-order chi connectivity index (χ1) is 18.2. The monoisotopic (exact) mass is 518 g/mol. The molecule has 0 aromatic carbocycles. The van der Waals surface area contributed by atoms with E-state index in [1.54, 1.807) is 0 Å². The fraction of sp³-hybridized carbons (Fsp3) is 0.914. The molecule has 1 heterocycles. The van der Waals surface area contributed by atoms with E-state index in [0.717, 1.165) is 0 Å². The van der Waals surface area contributed by atoms with Gasteiger partial charge in [-0.1, -0.05) is 168 Å². The lowest BCUT2D eigenvalue weighted by Crippen LogP contribution is -2.41. The van der Waals surface area contributed by atoms with Gasteiger partial charge in [-0.2, -0.15) is 0 Å². The molecular weight excluding hydrogens is 448 g/mol. The highest BCUT2D eigenvalue weighted by Gasteiger charge is 2.25. The minimum Gasteiger partial charge on any atom is -0.247 e. The highest BCUT2D eigenvalue weighted by atomic mass is 15.1. The summed E-state index contributed by atoms with van der Waals surface area (Å²) in [5.41, 5.74) is 0. The van der Waals surface area contributed by atoms with Gasteiger partial charge >= 0.3 is 0 Å². The normalized spacial score (nSPS) is 13.3. The number of nitrogens with one attached hydrogen (secondary N) is 1. The van der Waals surface area contributed by atoms with E-state index in [2.05, 4.69) is 49.6 Å². The molecule has 1 aromatic heterocycles. The van der Waals surface area contributed by atoms with Gasteiger partial charge in [0.1, 0.15) is 12.4 Å². The first kappa shape index (κ1) is 34.2. The summed E-state index contributed by atoms with van der Waals surface area (Å²) in [6, 6.07) is 0.614. The largest absolute Gasteiger partial charge is 0.257 e. The molecule has 0 aliphatic heterocycles. The van der Waals surface area contributed by atoms with Crippen LogP contribution in [0.5, 0.6) is 0 Å². The molecule has 0 saturated carbocycles. The first-order valence-corrected chi connectivity index (χ1v) is 17.3. The topological polar surface area (TPSA) is 19.7 Å². The second kappa shape index (κ2) is 25.5. The Bertz CT molecular complexity index is 578. The van der Waals surface area contributed by atoms with E-state index in [0.29, 0.717) is 12.0 Å². The van der Waals surface area contributed by atoms with Crippen molar-refractivity contribution in [3.8, 4) is 0 Å². The quantitative estimate of drug-likeness (QED) is 0.0842. The van der Waals surface area contributed by atoms with Crippen LogP contribution in [0.15, 0.2) is 12.4 Å². The zero-order valence-corrected chi connectivity index (χ0v) is 26.1. The third-order valence-electron chi connectivity index (χ3n) is 8.62. The van der Waals surface area contributed by atoms with E-state index < -0.39 is 0 Å². The summed E-state index contributed by atoms with van der Waals surface area (Å²) in [7, 11) is 0. The van der Waals surface area contributed by atoms with Crippen molar-refractivity contribution >= 4 is 0 Å². The molecule has 37 heavy (non-hydrogen) atoms. The Morgan fingerprint density at radius 3 is 1.27 bits per heavy atom. The van der Waals surface area contributed by atoms with Crippen molar-refractivity contribution in [1.29, 1.82) is 0 Å². The highest BCUT2D eigenvalue weighted by Crippen LogP contribution is 2.27. The van der Waals surface area contributed by atoms with E-state index in [9.17, 15) is 0 Å². The van der Waals surface area contributed by atoms with Crippen LogP contribution < -0.4 is 4.57 Å². The zero-order valence-electron chi connectivity index (χ0n) is 26.1. The average Bonchev–Trinajstić information content (AvgIpc) is 3.39. The van der Waals surface area contributed by atoms with Crippen molar-refractivity contribution in [2.75, 3.05) is 0 Å².